The number of hydrogen-bond acceptors (Lipinski definition) is 9. The van der Waals surface area contributed by atoms with E-state index in [0.717, 1.165) is 24.8 Å². The van der Waals surface area contributed by atoms with E-state index in [1.165, 1.54) is 71.3 Å². The van der Waals surface area contributed by atoms with E-state index in [1.54, 1.807) is 6.08 Å². The number of fused-ring (bicyclic) bond motifs is 2. The summed E-state index contributed by atoms with van der Waals surface area (Å²) in [4.78, 5) is 39.6. The maximum atomic E-state index is 13.3. The van der Waals surface area contributed by atoms with E-state index in [4.69, 9.17) is 28.4 Å². The molecule has 8 atom stereocenters. The fourth-order valence-electron chi connectivity index (χ4n) is 7.94. The molecule has 5 aliphatic rings. The van der Waals surface area contributed by atoms with Crippen LogP contribution in [-0.4, -0.2) is 60.5 Å². The number of unbranched alkanes of at least 4 members (excludes halogenated alkanes) is 12. The van der Waals surface area contributed by atoms with Gasteiger partial charge in [0.15, 0.2) is 6.10 Å². The van der Waals surface area contributed by atoms with Gasteiger partial charge in [-0.05, 0) is 38.7 Å². The van der Waals surface area contributed by atoms with Crippen LogP contribution in [0.1, 0.15) is 124 Å². The largest absolute Gasteiger partial charge is 0.467 e. The van der Waals surface area contributed by atoms with Crippen molar-refractivity contribution in [3.8, 4) is 0 Å². The zero-order chi connectivity index (χ0) is 33.1. The first-order valence-electron chi connectivity index (χ1n) is 17.6. The number of carbonyl (C=O) groups is 3. The van der Waals surface area contributed by atoms with Gasteiger partial charge in [0.1, 0.15) is 12.2 Å². The van der Waals surface area contributed by atoms with Gasteiger partial charge in [0.25, 0.3) is 5.60 Å². The van der Waals surface area contributed by atoms with Crippen molar-refractivity contribution in [3.05, 3.63) is 36.0 Å². The summed E-state index contributed by atoms with van der Waals surface area (Å²) in [6.45, 7) is 14.3. The predicted octanol–water partition coefficient (Wildman–Crippen LogP) is 7.17. The standard InChI is InChI=1S/C37H54O9/c1-7-8-9-10-11-12-13-14-15-16-17-18-19-20-30(38)42-28-21-26(24(2)3)23-35-36(45-35,34(40)41-6)33-37(44-33,46-35)31(25(4)5)29-22-27(28)32(39)43-29/h22,26,28-29,31,33H,2,4,7-21,23H2,1,3,5-6H3/t26-,28+,29-,31-,33-,35+,36-,37-/m1/s1. The van der Waals surface area contributed by atoms with Gasteiger partial charge in [-0.3, -0.25) is 4.79 Å². The zero-order valence-electron chi connectivity index (χ0n) is 28.4. The lowest BCUT2D eigenvalue weighted by Crippen LogP contribution is -2.40. The molecule has 256 valence electrons. The minimum absolute atomic E-state index is 0.266. The van der Waals surface area contributed by atoms with E-state index < -0.39 is 53.3 Å². The summed E-state index contributed by atoms with van der Waals surface area (Å²) in [7, 11) is 1.31. The van der Waals surface area contributed by atoms with Crippen LogP contribution in [0, 0.1) is 11.8 Å². The molecule has 0 aliphatic carbocycles. The average molecular weight is 643 g/mol. The van der Waals surface area contributed by atoms with Crippen molar-refractivity contribution < 1.29 is 42.8 Å². The number of rotatable bonds is 18. The highest BCUT2D eigenvalue weighted by atomic mass is 17.0. The van der Waals surface area contributed by atoms with E-state index in [2.05, 4.69) is 20.1 Å². The van der Waals surface area contributed by atoms with Crippen molar-refractivity contribution in [2.24, 2.45) is 11.8 Å². The van der Waals surface area contributed by atoms with Crippen LogP contribution in [-0.2, 0) is 42.8 Å². The second-order valence-corrected chi connectivity index (χ2v) is 14.2. The first-order valence-corrected chi connectivity index (χ1v) is 17.6. The van der Waals surface area contributed by atoms with E-state index in [1.807, 2.05) is 13.8 Å². The fraction of sp³-hybridized carbons (Fsp3) is 0.757. The summed E-state index contributed by atoms with van der Waals surface area (Å²) in [5.41, 5.74) is 0.333. The van der Waals surface area contributed by atoms with Crippen LogP contribution in [0.15, 0.2) is 36.0 Å². The molecule has 4 bridgehead atoms. The number of hydrogen-bond donors (Lipinski definition) is 0. The van der Waals surface area contributed by atoms with Crippen LogP contribution >= 0.6 is 0 Å². The number of esters is 3. The highest BCUT2D eigenvalue weighted by Crippen LogP contribution is 2.75. The first-order chi connectivity index (χ1) is 22.0. The lowest BCUT2D eigenvalue weighted by atomic mass is 9.81. The van der Waals surface area contributed by atoms with Gasteiger partial charge in [-0.1, -0.05) is 108 Å². The van der Waals surface area contributed by atoms with Gasteiger partial charge in [0.2, 0.25) is 11.6 Å². The molecule has 0 saturated carbocycles. The number of allylic oxidation sites excluding steroid dienone is 1. The molecule has 0 aromatic rings. The highest BCUT2D eigenvalue weighted by molar-refractivity contribution is 5.93. The molecule has 0 aromatic carbocycles. The van der Waals surface area contributed by atoms with Gasteiger partial charge in [-0.25, -0.2) is 9.59 Å². The van der Waals surface area contributed by atoms with Crippen molar-refractivity contribution in [2.75, 3.05) is 7.11 Å². The highest BCUT2D eigenvalue weighted by Gasteiger charge is 2.99. The van der Waals surface area contributed by atoms with E-state index in [0.29, 0.717) is 11.1 Å². The second-order valence-electron chi connectivity index (χ2n) is 14.2. The smallest absolute Gasteiger partial charge is 0.347 e. The zero-order valence-corrected chi connectivity index (χ0v) is 28.4. The Kier molecular flexibility index (Phi) is 10.8. The molecule has 3 fully saturated rings. The quantitative estimate of drug-likeness (QED) is 0.0505. The number of ether oxygens (including phenoxy) is 6. The normalized spacial score (nSPS) is 35.2. The number of epoxide rings is 2. The third-order valence-corrected chi connectivity index (χ3v) is 10.6. The Bertz CT molecular complexity index is 1220. The van der Waals surface area contributed by atoms with E-state index in [9.17, 15) is 14.4 Å². The summed E-state index contributed by atoms with van der Waals surface area (Å²) >= 11 is 0. The Labute approximate surface area is 274 Å². The van der Waals surface area contributed by atoms with Gasteiger partial charge in [-0.15, -0.1) is 0 Å². The van der Waals surface area contributed by atoms with Crippen LogP contribution in [0.2, 0.25) is 0 Å². The van der Waals surface area contributed by atoms with Crippen LogP contribution < -0.4 is 0 Å². The summed E-state index contributed by atoms with van der Waals surface area (Å²) < 4.78 is 35.8. The van der Waals surface area contributed by atoms with Gasteiger partial charge in [0.05, 0.1) is 18.6 Å². The molecular formula is C37H54O9. The van der Waals surface area contributed by atoms with Crippen LogP contribution in [0.5, 0.6) is 0 Å². The minimum atomic E-state index is -1.43. The lowest BCUT2D eigenvalue weighted by molar-refractivity contribution is -0.186. The molecule has 0 amide bonds. The predicted molar refractivity (Wildman–Crippen MR) is 171 cm³/mol. The van der Waals surface area contributed by atoms with E-state index >= 15 is 0 Å². The van der Waals surface area contributed by atoms with Gasteiger partial charge in [0, 0.05) is 12.8 Å². The van der Waals surface area contributed by atoms with Gasteiger partial charge in [-0.2, -0.15) is 0 Å². The van der Waals surface area contributed by atoms with Crippen LogP contribution in [0.25, 0.3) is 0 Å². The van der Waals surface area contributed by atoms with Crippen molar-refractivity contribution in [1.82, 2.24) is 0 Å². The molecule has 5 rings (SSSR count). The molecule has 0 aromatic heterocycles. The van der Waals surface area contributed by atoms with Gasteiger partial charge < -0.3 is 28.4 Å². The third kappa shape index (κ3) is 6.61. The molecule has 9 nitrogen and oxygen atoms in total. The fourth-order valence-corrected chi connectivity index (χ4v) is 7.94. The topological polar surface area (TPSA) is 113 Å². The number of methoxy groups -OCH3 is 1. The Hall–Kier alpha value is -2.49. The SMILES string of the molecule is C=C(C)[C@@H]1C[C@H](OC(=O)CCCCCCCCCCCCCCC)C2=C[C@@H](OC2=O)[C@@H](C(=C)C)[C@]23O[C@@H]2[C@]2(C(=O)OC)O[C@@]2(C1)O3. The van der Waals surface area contributed by atoms with Crippen molar-refractivity contribution in [3.63, 3.8) is 0 Å². The Balaban J connectivity index is 1.19. The minimum Gasteiger partial charge on any atom is -0.467 e. The Morgan fingerprint density at radius 3 is 2.09 bits per heavy atom. The molecule has 0 radical (unpaired) electrons. The monoisotopic (exact) mass is 642 g/mol. The molecule has 5 heterocycles. The third-order valence-electron chi connectivity index (χ3n) is 10.6. The number of carbonyl (C=O) groups excluding carboxylic acids is 3. The summed E-state index contributed by atoms with van der Waals surface area (Å²) in [6, 6.07) is 0. The average Bonchev–Trinajstić information content (AvgIpc) is 3.82. The molecule has 3 saturated heterocycles. The van der Waals surface area contributed by atoms with E-state index in [-0.39, 0.29) is 31.1 Å². The van der Waals surface area contributed by atoms with Crippen LogP contribution in [0.4, 0.5) is 0 Å². The van der Waals surface area contributed by atoms with Crippen molar-refractivity contribution in [1.29, 1.82) is 0 Å². The molecule has 0 N–H and O–H groups in total. The molecule has 5 aliphatic heterocycles. The maximum absolute atomic E-state index is 13.3. The molecule has 2 spiro atoms. The van der Waals surface area contributed by atoms with Crippen molar-refractivity contribution in [2.45, 2.75) is 159 Å². The van der Waals surface area contributed by atoms with Gasteiger partial charge >= 0.3 is 17.9 Å². The summed E-state index contributed by atoms with van der Waals surface area (Å²) in [6.07, 6.45) is 16.1. The molecule has 46 heavy (non-hydrogen) atoms. The molecular weight excluding hydrogens is 588 g/mol. The Morgan fingerprint density at radius 1 is 0.913 bits per heavy atom. The maximum Gasteiger partial charge on any atom is 0.347 e. The van der Waals surface area contributed by atoms with Crippen molar-refractivity contribution >= 4 is 17.9 Å². The summed E-state index contributed by atoms with van der Waals surface area (Å²) in [5.74, 6) is -4.90. The molecule has 9 heteroatoms. The lowest BCUT2D eigenvalue weighted by Gasteiger charge is -2.30. The second kappa shape index (κ2) is 14.3. The molecule has 0 unspecified atom stereocenters. The summed E-state index contributed by atoms with van der Waals surface area (Å²) in [5, 5.41) is 0. The Morgan fingerprint density at radius 2 is 1.52 bits per heavy atom. The first kappa shape index (κ1) is 34.8. The van der Waals surface area contributed by atoms with Crippen LogP contribution in [0.3, 0.4) is 0 Å².